The van der Waals surface area contributed by atoms with Crippen molar-refractivity contribution in [2.24, 2.45) is 5.10 Å². The van der Waals surface area contributed by atoms with Gasteiger partial charge in [0, 0.05) is 16.8 Å². The molecule has 1 aliphatic rings. The van der Waals surface area contributed by atoms with Crippen molar-refractivity contribution in [3.8, 4) is 0 Å². The molecule has 3 rings (SSSR count). The van der Waals surface area contributed by atoms with E-state index in [2.05, 4.69) is 52.5 Å². The number of fused-ring (bicyclic) bond motifs is 1. The number of nitrogens with zero attached hydrogens (tertiary/aromatic N) is 2. The molecule has 0 aromatic carbocycles. The Morgan fingerprint density at radius 1 is 1.30 bits per heavy atom. The van der Waals surface area contributed by atoms with Crippen LogP contribution >= 0.6 is 0 Å². The molecule has 2 aromatic rings. The molecule has 122 valence electrons. The van der Waals surface area contributed by atoms with Crippen LogP contribution in [0, 0.1) is 0 Å². The first-order valence-electron chi connectivity index (χ1n) is 8.03. The van der Waals surface area contributed by atoms with Crippen LogP contribution in [0.5, 0.6) is 0 Å². The van der Waals surface area contributed by atoms with Crippen LogP contribution < -0.4 is 5.43 Å². The Labute approximate surface area is 135 Å². The van der Waals surface area contributed by atoms with Gasteiger partial charge in [-0.15, -0.1) is 0 Å². The third kappa shape index (κ3) is 3.52. The van der Waals surface area contributed by atoms with E-state index in [4.69, 9.17) is 0 Å². The van der Waals surface area contributed by atoms with Gasteiger partial charge >= 0.3 is 0 Å². The highest BCUT2D eigenvalue weighted by Gasteiger charge is 2.19. The van der Waals surface area contributed by atoms with Crippen LogP contribution in [0.4, 0.5) is 0 Å². The fraction of sp³-hybridized carbons (Fsp3) is 0.471. The van der Waals surface area contributed by atoms with Crippen molar-refractivity contribution in [1.29, 1.82) is 0 Å². The molecule has 0 bridgehead atoms. The first-order chi connectivity index (χ1) is 10.9. The Kier molecular flexibility index (Phi) is 4.07. The normalized spacial score (nSPS) is 14.9. The van der Waals surface area contributed by atoms with Gasteiger partial charge in [0.05, 0.1) is 11.9 Å². The predicted octanol–water partition coefficient (Wildman–Crippen LogP) is 2.68. The molecule has 0 fully saturated rings. The third-order valence-corrected chi connectivity index (χ3v) is 4.12. The number of carbonyl (C=O) groups is 1. The summed E-state index contributed by atoms with van der Waals surface area (Å²) >= 11 is 0. The quantitative estimate of drug-likeness (QED) is 0.601. The van der Waals surface area contributed by atoms with Crippen LogP contribution in [0.1, 0.15) is 66.7 Å². The third-order valence-electron chi connectivity index (χ3n) is 4.12. The molecule has 0 aliphatic heterocycles. The van der Waals surface area contributed by atoms with E-state index in [9.17, 15) is 4.79 Å². The first kappa shape index (κ1) is 15.5. The Morgan fingerprint density at radius 2 is 2.09 bits per heavy atom. The highest BCUT2D eigenvalue weighted by atomic mass is 16.2. The molecule has 6 nitrogen and oxygen atoms in total. The van der Waals surface area contributed by atoms with Gasteiger partial charge in [0.15, 0.2) is 5.69 Å². The summed E-state index contributed by atoms with van der Waals surface area (Å²) in [6.45, 7) is 6.19. The van der Waals surface area contributed by atoms with Crippen molar-refractivity contribution in [1.82, 2.24) is 20.6 Å². The summed E-state index contributed by atoms with van der Waals surface area (Å²) in [5.74, 6) is -0.315. The monoisotopic (exact) mass is 313 g/mol. The molecule has 2 aromatic heterocycles. The van der Waals surface area contributed by atoms with Crippen LogP contribution in [-0.4, -0.2) is 27.3 Å². The summed E-state index contributed by atoms with van der Waals surface area (Å²) < 4.78 is 0. The van der Waals surface area contributed by atoms with Crippen molar-refractivity contribution in [2.75, 3.05) is 0 Å². The number of carbonyl (C=O) groups excluding carboxylic acids is 1. The largest absolute Gasteiger partial charge is 0.357 e. The summed E-state index contributed by atoms with van der Waals surface area (Å²) in [6, 6.07) is 3.87. The van der Waals surface area contributed by atoms with Gasteiger partial charge in [-0.05, 0) is 43.4 Å². The summed E-state index contributed by atoms with van der Waals surface area (Å²) in [6.07, 6.45) is 6.34. The highest BCUT2D eigenvalue weighted by molar-refractivity contribution is 5.93. The molecule has 0 saturated carbocycles. The molecular formula is C17H23N5O. The van der Waals surface area contributed by atoms with Crippen molar-refractivity contribution in [2.45, 2.75) is 51.9 Å². The summed E-state index contributed by atoms with van der Waals surface area (Å²) in [5, 5.41) is 11.0. The van der Waals surface area contributed by atoms with E-state index >= 15 is 0 Å². The van der Waals surface area contributed by atoms with Crippen molar-refractivity contribution in [3.63, 3.8) is 0 Å². The number of nitrogens with one attached hydrogen (secondary N) is 3. The maximum absolute atomic E-state index is 12.1. The number of hydrogen-bond donors (Lipinski definition) is 3. The van der Waals surface area contributed by atoms with Crippen molar-refractivity contribution >= 4 is 12.1 Å². The molecule has 1 amide bonds. The maximum atomic E-state index is 12.1. The SMILES string of the molecule is CC(C)(C)c1cc(C(=O)N/N=C\c2cc3c([nH]2)CCCC3)n[nH]1. The molecular weight excluding hydrogens is 290 g/mol. The molecule has 0 atom stereocenters. The number of rotatable bonds is 3. The summed E-state index contributed by atoms with van der Waals surface area (Å²) in [7, 11) is 0. The van der Waals surface area contributed by atoms with Gasteiger partial charge in [-0.25, -0.2) is 5.43 Å². The molecule has 0 unspecified atom stereocenters. The molecule has 1 aliphatic carbocycles. The number of aryl methyl sites for hydroxylation is 2. The van der Waals surface area contributed by atoms with Crippen LogP contribution in [-0.2, 0) is 18.3 Å². The number of hydrogen-bond acceptors (Lipinski definition) is 3. The number of hydrazone groups is 1. The minimum atomic E-state index is -0.315. The molecule has 0 radical (unpaired) electrons. The lowest BCUT2D eigenvalue weighted by atomic mass is 9.92. The Balaban J connectivity index is 1.62. The lowest BCUT2D eigenvalue weighted by molar-refractivity contribution is 0.0950. The zero-order chi connectivity index (χ0) is 16.4. The van der Waals surface area contributed by atoms with Gasteiger partial charge in [-0.3, -0.25) is 9.89 Å². The topological polar surface area (TPSA) is 85.9 Å². The molecule has 2 heterocycles. The molecule has 6 heteroatoms. The van der Waals surface area contributed by atoms with Crippen LogP contribution in [0.15, 0.2) is 17.2 Å². The van der Waals surface area contributed by atoms with Crippen LogP contribution in [0.2, 0.25) is 0 Å². The minimum absolute atomic E-state index is 0.0713. The van der Waals surface area contributed by atoms with E-state index in [1.165, 1.54) is 24.1 Å². The zero-order valence-corrected chi connectivity index (χ0v) is 13.9. The van der Waals surface area contributed by atoms with Gasteiger partial charge in [0.25, 0.3) is 5.91 Å². The fourth-order valence-electron chi connectivity index (χ4n) is 2.74. The van der Waals surface area contributed by atoms with Crippen molar-refractivity contribution < 1.29 is 4.79 Å². The highest BCUT2D eigenvalue weighted by Crippen LogP contribution is 2.21. The Morgan fingerprint density at radius 3 is 2.78 bits per heavy atom. The van der Waals surface area contributed by atoms with Gasteiger partial charge in [-0.1, -0.05) is 20.8 Å². The van der Waals surface area contributed by atoms with Gasteiger partial charge in [-0.2, -0.15) is 10.2 Å². The van der Waals surface area contributed by atoms with E-state index in [-0.39, 0.29) is 11.3 Å². The number of aromatic amines is 2. The zero-order valence-electron chi connectivity index (χ0n) is 13.9. The summed E-state index contributed by atoms with van der Waals surface area (Å²) in [5.41, 5.74) is 7.30. The standard InChI is InChI=1S/C17H23N5O/c1-17(2,3)15-9-14(20-21-15)16(23)22-18-10-12-8-11-6-4-5-7-13(11)19-12/h8-10,19H,4-7H2,1-3H3,(H,20,21)(H,22,23)/b18-10-. The van der Waals surface area contributed by atoms with E-state index in [0.717, 1.165) is 24.2 Å². The molecule has 3 N–H and O–H groups in total. The first-order valence-corrected chi connectivity index (χ1v) is 8.03. The van der Waals surface area contributed by atoms with Crippen molar-refractivity contribution in [3.05, 3.63) is 40.5 Å². The van der Waals surface area contributed by atoms with Gasteiger partial charge in [0.2, 0.25) is 0 Å². The smallest absolute Gasteiger partial charge is 0.291 e. The van der Waals surface area contributed by atoms with E-state index in [1.54, 1.807) is 12.3 Å². The average Bonchev–Trinajstić information content (AvgIpc) is 3.13. The minimum Gasteiger partial charge on any atom is -0.357 e. The van der Waals surface area contributed by atoms with E-state index < -0.39 is 0 Å². The number of aromatic nitrogens is 3. The van der Waals surface area contributed by atoms with Gasteiger partial charge < -0.3 is 4.98 Å². The number of amides is 1. The molecule has 0 saturated heterocycles. The molecule has 0 spiro atoms. The average molecular weight is 313 g/mol. The lowest BCUT2D eigenvalue weighted by Crippen LogP contribution is -2.18. The second-order valence-electron chi connectivity index (χ2n) is 7.05. The fourth-order valence-corrected chi connectivity index (χ4v) is 2.74. The van der Waals surface area contributed by atoms with Crippen LogP contribution in [0.3, 0.4) is 0 Å². The van der Waals surface area contributed by atoms with Crippen LogP contribution in [0.25, 0.3) is 0 Å². The maximum Gasteiger partial charge on any atom is 0.291 e. The van der Waals surface area contributed by atoms with Gasteiger partial charge in [0.1, 0.15) is 0 Å². The Hall–Kier alpha value is -2.37. The van der Waals surface area contributed by atoms with E-state index in [0.29, 0.717) is 5.69 Å². The lowest BCUT2D eigenvalue weighted by Gasteiger charge is -2.14. The predicted molar refractivity (Wildman–Crippen MR) is 89.8 cm³/mol. The second kappa shape index (κ2) is 6.02. The van der Waals surface area contributed by atoms with E-state index in [1.807, 2.05) is 0 Å². The second-order valence-corrected chi connectivity index (χ2v) is 7.05. The summed E-state index contributed by atoms with van der Waals surface area (Å²) in [4.78, 5) is 15.4. The number of H-pyrrole nitrogens is 2. The molecule has 23 heavy (non-hydrogen) atoms. The Bertz CT molecular complexity index is 709.